The first-order chi connectivity index (χ1) is 10.7. The highest BCUT2D eigenvalue weighted by molar-refractivity contribution is 8.01. The third-order valence-corrected chi connectivity index (χ3v) is 4.87. The summed E-state index contributed by atoms with van der Waals surface area (Å²) in [6, 6.07) is 6.84. The van der Waals surface area contributed by atoms with Crippen LogP contribution in [-0.4, -0.2) is 28.5 Å². The topological polar surface area (TPSA) is 64.1 Å². The van der Waals surface area contributed by atoms with Gasteiger partial charge < -0.3 is 4.74 Å². The Morgan fingerprint density at radius 2 is 2.14 bits per heavy atom. The number of carbonyl (C=O) groups is 1. The van der Waals surface area contributed by atoms with E-state index in [0.717, 1.165) is 22.9 Å². The largest absolute Gasteiger partial charge is 0.484 e. The number of amides is 1. The zero-order valence-electron chi connectivity index (χ0n) is 12.0. The Bertz CT molecular complexity index is 604. The van der Waals surface area contributed by atoms with E-state index in [9.17, 15) is 4.79 Å². The highest BCUT2D eigenvalue weighted by atomic mass is 35.5. The zero-order valence-corrected chi connectivity index (χ0v) is 14.4. The summed E-state index contributed by atoms with van der Waals surface area (Å²) in [6.07, 6.45) is 2.29. The molecule has 118 valence electrons. The fourth-order valence-corrected chi connectivity index (χ4v) is 3.51. The predicted octanol–water partition coefficient (Wildman–Crippen LogP) is 4.10. The number of unbranched alkanes of at least 4 members (excludes halogenated alkanes) is 1. The number of ether oxygens (including phenoxy) is 1. The van der Waals surface area contributed by atoms with Crippen molar-refractivity contribution in [3.63, 3.8) is 0 Å². The molecule has 0 aliphatic carbocycles. The van der Waals surface area contributed by atoms with E-state index in [0.29, 0.717) is 15.9 Å². The van der Waals surface area contributed by atoms with Crippen LogP contribution in [0.1, 0.15) is 19.8 Å². The van der Waals surface area contributed by atoms with Crippen LogP contribution in [0, 0.1) is 0 Å². The summed E-state index contributed by atoms with van der Waals surface area (Å²) in [5.74, 6) is 1.34. The van der Waals surface area contributed by atoms with Gasteiger partial charge in [0.05, 0.1) is 0 Å². The van der Waals surface area contributed by atoms with Gasteiger partial charge in [0.2, 0.25) is 5.13 Å². The number of hydrogen-bond acceptors (Lipinski definition) is 6. The second-order valence-electron chi connectivity index (χ2n) is 4.37. The summed E-state index contributed by atoms with van der Waals surface area (Å²) in [5.41, 5.74) is 0. The SMILES string of the molecule is CCCCSc1nnc(NC(=O)COc2ccc(Cl)cc2)s1. The van der Waals surface area contributed by atoms with E-state index in [-0.39, 0.29) is 12.5 Å². The average molecular weight is 358 g/mol. The molecular weight excluding hydrogens is 342 g/mol. The van der Waals surface area contributed by atoms with Crippen molar-refractivity contribution in [3.05, 3.63) is 29.3 Å². The molecule has 1 aromatic heterocycles. The molecule has 1 amide bonds. The number of carbonyl (C=O) groups excluding carboxylic acids is 1. The van der Waals surface area contributed by atoms with Crippen LogP contribution in [0.4, 0.5) is 5.13 Å². The highest BCUT2D eigenvalue weighted by Gasteiger charge is 2.09. The standard InChI is InChI=1S/C14H16ClN3O2S2/c1-2-3-8-21-14-18-17-13(22-14)16-12(19)9-20-11-6-4-10(15)5-7-11/h4-7H,2-3,8-9H2,1H3,(H,16,17,19). The number of benzene rings is 1. The van der Waals surface area contributed by atoms with Crippen LogP contribution in [0.25, 0.3) is 0 Å². The summed E-state index contributed by atoms with van der Waals surface area (Å²) in [6.45, 7) is 2.06. The summed E-state index contributed by atoms with van der Waals surface area (Å²) >= 11 is 8.80. The lowest BCUT2D eigenvalue weighted by atomic mass is 10.3. The van der Waals surface area contributed by atoms with Crippen molar-refractivity contribution in [1.29, 1.82) is 0 Å². The summed E-state index contributed by atoms with van der Waals surface area (Å²) in [7, 11) is 0. The second kappa shape index (κ2) is 8.97. The maximum Gasteiger partial charge on any atom is 0.264 e. The molecule has 0 saturated carbocycles. The van der Waals surface area contributed by atoms with Gasteiger partial charge in [0.25, 0.3) is 5.91 Å². The van der Waals surface area contributed by atoms with Gasteiger partial charge in [-0.1, -0.05) is 48.0 Å². The molecule has 1 heterocycles. The van der Waals surface area contributed by atoms with E-state index in [1.165, 1.54) is 11.3 Å². The van der Waals surface area contributed by atoms with Crippen molar-refractivity contribution >= 4 is 45.7 Å². The van der Waals surface area contributed by atoms with Crippen LogP contribution in [0.5, 0.6) is 5.75 Å². The maximum atomic E-state index is 11.8. The van der Waals surface area contributed by atoms with Crippen molar-refractivity contribution in [1.82, 2.24) is 10.2 Å². The Morgan fingerprint density at radius 3 is 2.86 bits per heavy atom. The van der Waals surface area contributed by atoms with Crippen LogP contribution in [0.2, 0.25) is 5.02 Å². The van der Waals surface area contributed by atoms with Gasteiger partial charge in [-0.05, 0) is 30.7 Å². The normalized spacial score (nSPS) is 10.5. The van der Waals surface area contributed by atoms with Crippen LogP contribution < -0.4 is 10.1 Å². The van der Waals surface area contributed by atoms with E-state index < -0.39 is 0 Å². The molecular formula is C14H16ClN3O2S2. The molecule has 0 spiro atoms. The summed E-state index contributed by atoms with van der Waals surface area (Å²) < 4.78 is 6.23. The Kier molecular flexibility index (Phi) is 6.95. The van der Waals surface area contributed by atoms with Crippen molar-refractivity contribution < 1.29 is 9.53 Å². The minimum atomic E-state index is -0.267. The lowest BCUT2D eigenvalue weighted by Gasteiger charge is -2.05. The van der Waals surface area contributed by atoms with E-state index in [1.54, 1.807) is 36.0 Å². The zero-order chi connectivity index (χ0) is 15.8. The van der Waals surface area contributed by atoms with Crippen LogP contribution in [-0.2, 0) is 4.79 Å². The molecule has 0 fully saturated rings. The molecule has 0 unspecified atom stereocenters. The monoisotopic (exact) mass is 357 g/mol. The molecule has 0 atom stereocenters. The van der Waals surface area contributed by atoms with Crippen molar-refractivity contribution in [2.75, 3.05) is 17.7 Å². The molecule has 2 aromatic rings. The second-order valence-corrected chi connectivity index (χ2v) is 7.12. The summed E-state index contributed by atoms with van der Waals surface area (Å²) in [4.78, 5) is 11.8. The van der Waals surface area contributed by atoms with Crippen LogP contribution in [0.15, 0.2) is 28.6 Å². The van der Waals surface area contributed by atoms with Crippen LogP contribution in [0.3, 0.4) is 0 Å². The molecule has 0 saturated heterocycles. The smallest absolute Gasteiger partial charge is 0.264 e. The van der Waals surface area contributed by atoms with E-state index in [1.807, 2.05) is 0 Å². The predicted molar refractivity (Wildman–Crippen MR) is 91.1 cm³/mol. The fraction of sp³-hybridized carbons (Fsp3) is 0.357. The van der Waals surface area contributed by atoms with Crippen molar-refractivity contribution in [2.45, 2.75) is 24.1 Å². The number of rotatable bonds is 8. The first-order valence-corrected chi connectivity index (χ1v) is 9.00. The van der Waals surface area contributed by atoms with Gasteiger partial charge in [-0.3, -0.25) is 10.1 Å². The number of anilines is 1. The Labute approximate surface area is 142 Å². The van der Waals surface area contributed by atoms with Crippen molar-refractivity contribution in [2.24, 2.45) is 0 Å². The molecule has 8 heteroatoms. The number of aromatic nitrogens is 2. The quantitative estimate of drug-likeness (QED) is 0.437. The molecule has 0 aliphatic heterocycles. The Balaban J connectivity index is 1.75. The first kappa shape index (κ1) is 17.1. The minimum absolute atomic E-state index is 0.0838. The highest BCUT2D eigenvalue weighted by Crippen LogP contribution is 2.26. The Hall–Kier alpha value is -1.31. The number of hydrogen-bond donors (Lipinski definition) is 1. The van der Waals surface area contributed by atoms with Gasteiger partial charge >= 0.3 is 0 Å². The molecule has 5 nitrogen and oxygen atoms in total. The summed E-state index contributed by atoms with van der Waals surface area (Å²) in [5, 5.41) is 11.8. The number of thioether (sulfide) groups is 1. The molecule has 22 heavy (non-hydrogen) atoms. The maximum absolute atomic E-state index is 11.8. The number of nitrogens with zero attached hydrogens (tertiary/aromatic N) is 2. The minimum Gasteiger partial charge on any atom is -0.484 e. The third-order valence-electron chi connectivity index (χ3n) is 2.56. The van der Waals surface area contributed by atoms with Crippen molar-refractivity contribution in [3.8, 4) is 5.75 Å². The average Bonchev–Trinajstić information content (AvgIpc) is 2.94. The molecule has 0 radical (unpaired) electrons. The Morgan fingerprint density at radius 1 is 1.36 bits per heavy atom. The van der Waals surface area contributed by atoms with E-state index in [4.69, 9.17) is 16.3 Å². The third kappa shape index (κ3) is 5.82. The van der Waals surface area contributed by atoms with Gasteiger partial charge in [0, 0.05) is 10.8 Å². The van der Waals surface area contributed by atoms with Gasteiger partial charge in [-0.25, -0.2) is 0 Å². The molecule has 1 N–H and O–H groups in total. The van der Waals surface area contributed by atoms with Crippen LogP contribution >= 0.6 is 34.7 Å². The molecule has 2 rings (SSSR count). The van der Waals surface area contributed by atoms with Gasteiger partial charge in [0.1, 0.15) is 5.75 Å². The molecule has 0 aliphatic rings. The fourth-order valence-electron chi connectivity index (χ4n) is 1.46. The lowest BCUT2D eigenvalue weighted by molar-refractivity contribution is -0.118. The van der Waals surface area contributed by atoms with Gasteiger partial charge in [0.15, 0.2) is 10.9 Å². The first-order valence-electron chi connectivity index (χ1n) is 6.82. The van der Waals surface area contributed by atoms with Gasteiger partial charge in [-0.2, -0.15) is 0 Å². The number of halogens is 1. The molecule has 1 aromatic carbocycles. The number of nitrogens with one attached hydrogen (secondary N) is 1. The van der Waals surface area contributed by atoms with E-state index >= 15 is 0 Å². The van der Waals surface area contributed by atoms with Gasteiger partial charge in [-0.15, -0.1) is 10.2 Å². The molecule has 0 bridgehead atoms. The lowest BCUT2D eigenvalue weighted by Crippen LogP contribution is -2.20. The van der Waals surface area contributed by atoms with E-state index in [2.05, 4.69) is 22.4 Å².